The van der Waals surface area contributed by atoms with E-state index in [1.165, 1.54) is 10.5 Å². The number of amides is 2. The molecule has 5 nitrogen and oxygen atoms in total. The molecule has 21 heavy (non-hydrogen) atoms. The van der Waals surface area contributed by atoms with E-state index in [9.17, 15) is 9.59 Å². The first-order chi connectivity index (χ1) is 10.0. The van der Waals surface area contributed by atoms with Crippen molar-refractivity contribution in [3.8, 4) is 0 Å². The summed E-state index contributed by atoms with van der Waals surface area (Å²) in [6, 6.07) is 7.67. The van der Waals surface area contributed by atoms with Gasteiger partial charge in [-0.05, 0) is 24.5 Å². The van der Waals surface area contributed by atoms with Crippen molar-refractivity contribution >= 4 is 11.8 Å². The zero-order chi connectivity index (χ0) is 15.4. The molecule has 0 spiro atoms. The minimum absolute atomic E-state index is 0.0279. The lowest BCUT2D eigenvalue weighted by Gasteiger charge is -2.31. The zero-order valence-corrected chi connectivity index (χ0v) is 12.9. The topological polar surface area (TPSA) is 52.7 Å². The van der Waals surface area contributed by atoms with E-state index < -0.39 is 0 Å². The molecule has 1 aliphatic heterocycles. The van der Waals surface area contributed by atoms with Gasteiger partial charge in [0, 0.05) is 27.2 Å². The summed E-state index contributed by atoms with van der Waals surface area (Å²) >= 11 is 0. The zero-order valence-electron chi connectivity index (χ0n) is 12.9. The van der Waals surface area contributed by atoms with Crippen molar-refractivity contribution in [3.05, 3.63) is 35.4 Å². The first kappa shape index (κ1) is 15.5. The molecular formula is C16H23N3O2. The fourth-order valence-electron chi connectivity index (χ4n) is 2.56. The first-order valence-corrected chi connectivity index (χ1v) is 7.34. The molecule has 0 saturated carbocycles. The number of nitrogens with one attached hydrogen (secondary N) is 1. The third kappa shape index (κ3) is 3.42. The Bertz CT molecular complexity index is 528. The van der Waals surface area contributed by atoms with Gasteiger partial charge < -0.3 is 15.1 Å². The summed E-state index contributed by atoms with van der Waals surface area (Å²) in [4.78, 5) is 27.7. The fourth-order valence-corrected chi connectivity index (χ4v) is 2.56. The molecule has 2 amide bonds. The molecule has 0 bridgehead atoms. The molecule has 1 heterocycles. The molecule has 114 valence electrons. The molecular weight excluding hydrogens is 266 g/mol. The Kier molecular flexibility index (Phi) is 4.96. The van der Waals surface area contributed by atoms with E-state index in [0.29, 0.717) is 6.54 Å². The van der Waals surface area contributed by atoms with Crippen LogP contribution in [0.15, 0.2) is 24.3 Å². The van der Waals surface area contributed by atoms with Gasteiger partial charge in [0.15, 0.2) is 0 Å². The highest BCUT2D eigenvalue weighted by Crippen LogP contribution is 2.24. The standard InChI is InChI=1S/C16H23N3O2/c1-4-19(11-14(20)18(2)3)16(21)15-13-8-6-5-7-12(13)9-10-17-15/h5-8,15,17H,4,9-11H2,1-3H3. The molecule has 1 atom stereocenters. The van der Waals surface area contributed by atoms with Gasteiger partial charge in [-0.25, -0.2) is 0 Å². The molecule has 1 N–H and O–H groups in total. The van der Waals surface area contributed by atoms with Crippen molar-refractivity contribution in [2.45, 2.75) is 19.4 Å². The molecule has 0 saturated heterocycles. The Hall–Kier alpha value is -1.88. The van der Waals surface area contributed by atoms with Crippen LogP contribution >= 0.6 is 0 Å². The molecule has 0 fully saturated rings. The van der Waals surface area contributed by atoms with Crippen LogP contribution in [0.1, 0.15) is 24.1 Å². The van der Waals surface area contributed by atoms with Crippen LogP contribution in [-0.2, 0) is 16.0 Å². The van der Waals surface area contributed by atoms with Gasteiger partial charge in [-0.3, -0.25) is 9.59 Å². The second-order valence-electron chi connectivity index (χ2n) is 5.48. The van der Waals surface area contributed by atoms with Gasteiger partial charge in [-0.2, -0.15) is 0 Å². The van der Waals surface area contributed by atoms with Crippen LogP contribution in [0.2, 0.25) is 0 Å². The normalized spacial score (nSPS) is 17.0. The highest BCUT2D eigenvalue weighted by atomic mass is 16.2. The van der Waals surface area contributed by atoms with E-state index >= 15 is 0 Å². The quantitative estimate of drug-likeness (QED) is 0.892. The van der Waals surface area contributed by atoms with Crippen LogP contribution in [0.3, 0.4) is 0 Å². The third-order valence-corrected chi connectivity index (χ3v) is 3.87. The van der Waals surface area contributed by atoms with Crippen LogP contribution in [0.4, 0.5) is 0 Å². The predicted octanol–water partition coefficient (Wildman–Crippen LogP) is 0.810. The van der Waals surface area contributed by atoms with Crippen LogP contribution in [0.5, 0.6) is 0 Å². The summed E-state index contributed by atoms with van der Waals surface area (Å²) in [5.74, 6) is -0.0888. The maximum absolute atomic E-state index is 12.7. The lowest BCUT2D eigenvalue weighted by atomic mass is 9.93. The highest BCUT2D eigenvalue weighted by molar-refractivity contribution is 5.88. The number of likely N-dealkylation sites (N-methyl/N-ethyl adjacent to an activating group) is 2. The van der Waals surface area contributed by atoms with Gasteiger partial charge in [-0.1, -0.05) is 24.3 Å². The third-order valence-electron chi connectivity index (χ3n) is 3.87. The van der Waals surface area contributed by atoms with E-state index in [1.54, 1.807) is 19.0 Å². The van der Waals surface area contributed by atoms with Crippen LogP contribution in [0.25, 0.3) is 0 Å². The summed E-state index contributed by atoms with van der Waals surface area (Å²) in [7, 11) is 3.41. The van der Waals surface area contributed by atoms with Crippen molar-refractivity contribution < 1.29 is 9.59 Å². The lowest BCUT2D eigenvalue weighted by Crippen LogP contribution is -2.47. The predicted molar refractivity (Wildman–Crippen MR) is 81.8 cm³/mol. The molecule has 5 heteroatoms. The molecule has 0 radical (unpaired) electrons. The Morgan fingerprint density at radius 2 is 2.00 bits per heavy atom. The second-order valence-corrected chi connectivity index (χ2v) is 5.48. The minimum Gasteiger partial charge on any atom is -0.347 e. The largest absolute Gasteiger partial charge is 0.347 e. The summed E-state index contributed by atoms with van der Waals surface area (Å²) in [5.41, 5.74) is 2.24. The average molecular weight is 289 g/mol. The second kappa shape index (κ2) is 6.72. The Labute approximate surface area is 125 Å². The van der Waals surface area contributed by atoms with Crippen molar-refractivity contribution in [3.63, 3.8) is 0 Å². The number of hydrogen-bond acceptors (Lipinski definition) is 3. The maximum Gasteiger partial charge on any atom is 0.244 e. The van der Waals surface area contributed by atoms with E-state index in [-0.39, 0.29) is 24.4 Å². The van der Waals surface area contributed by atoms with Crippen molar-refractivity contribution in [2.24, 2.45) is 0 Å². The van der Waals surface area contributed by atoms with Gasteiger partial charge in [0.05, 0.1) is 6.54 Å². The molecule has 1 aromatic carbocycles. The molecule has 0 aliphatic carbocycles. The fraction of sp³-hybridized carbons (Fsp3) is 0.500. The number of benzene rings is 1. The van der Waals surface area contributed by atoms with Crippen molar-refractivity contribution in [1.29, 1.82) is 0 Å². The first-order valence-electron chi connectivity index (χ1n) is 7.34. The van der Waals surface area contributed by atoms with Gasteiger partial charge in [0.2, 0.25) is 11.8 Å². The van der Waals surface area contributed by atoms with Gasteiger partial charge in [0.25, 0.3) is 0 Å². The van der Waals surface area contributed by atoms with Crippen LogP contribution in [0, 0.1) is 0 Å². The Balaban J connectivity index is 2.17. The summed E-state index contributed by atoms with van der Waals surface area (Å²) in [5, 5.41) is 3.28. The lowest BCUT2D eigenvalue weighted by molar-refractivity contribution is -0.140. The highest BCUT2D eigenvalue weighted by Gasteiger charge is 2.29. The van der Waals surface area contributed by atoms with E-state index in [2.05, 4.69) is 11.4 Å². The van der Waals surface area contributed by atoms with Gasteiger partial charge >= 0.3 is 0 Å². The number of rotatable bonds is 4. The Morgan fingerprint density at radius 1 is 1.29 bits per heavy atom. The van der Waals surface area contributed by atoms with E-state index in [1.807, 2.05) is 25.1 Å². The summed E-state index contributed by atoms with van der Waals surface area (Å²) in [6.45, 7) is 3.34. The molecule has 1 aliphatic rings. The number of hydrogen-bond donors (Lipinski definition) is 1. The van der Waals surface area contributed by atoms with Crippen molar-refractivity contribution in [1.82, 2.24) is 15.1 Å². The molecule has 2 rings (SSSR count). The molecule has 0 aromatic heterocycles. The average Bonchev–Trinajstić information content (AvgIpc) is 2.51. The van der Waals surface area contributed by atoms with E-state index in [0.717, 1.165) is 18.5 Å². The number of nitrogens with zero attached hydrogens (tertiary/aromatic N) is 2. The number of carbonyl (C=O) groups is 2. The molecule has 1 unspecified atom stereocenters. The number of carbonyl (C=O) groups excluding carboxylic acids is 2. The molecule has 1 aromatic rings. The van der Waals surface area contributed by atoms with Crippen LogP contribution in [-0.4, -0.2) is 55.3 Å². The Morgan fingerprint density at radius 3 is 2.67 bits per heavy atom. The summed E-state index contributed by atoms with van der Waals surface area (Å²) in [6.07, 6.45) is 0.933. The van der Waals surface area contributed by atoms with Crippen LogP contribution < -0.4 is 5.32 Å². The summed E-state index contributed by atoms with van der Waals surface area (Å²) < 4.78 is 0. The SMILES string of the molecule is CCN(CC(=O)N(C)C)C(=O)C1NCCc2ccccc21. The maximum atomic E-state index is 12.7. The smallest absolute Gasteiger partial charge is 0.244 e. The van der Waals surface area contributed by atoms with Gasteiger partial charge in [-0.15, -0.1) is 0 Å². The minimum atomic E-state index is -0.343. The monoisotopic (exact) mass is 289 g/mol. The van der Waals surface area contributed by atoms with E-state index in [4.69, 9.17) is 0 Å². The van der Waals surface area contributed by atoms with Gasteiger partial charge in [0.1, 0.15) is 6.04 Å². The number of fused-ring (bicyclic) bond motifs is 1. The van der Waals surface area contributed by atoms with Crippen molar-refractivity contribution in [2.75, 3.05) is 33.7 Å².